The molecule has 0 atom stereocenters. The predicted molar refractivity (Wildman–Crippen MR) is 122 cm³/mol. The zero-order valence-electron chi connectivity index (χ0n) is 17.1. The molecule has 0 aliphatic heterocycles. The molecule has 0 unspecified atom stereocenters. The van der Waals surface area contributed by atoms with Crippen LogP contribution in [-0.4, -0.2) is 37.1 Å². The van der Waals surface area contributed by atoms with Crippen molar-refractivity contribution >= 4 is 28.8 Å². The average Bonchev–Trinajstić information content (AvgIpc) is 3.18. The van der Waals surface area contributed by atoms with E-state index in [-0.39, 0.29) is 18.0 Å². The highest BCUT2D eigenvalue weighted by Crippen LogP contribution is 2.29. The van der Waals surface area contributed by atoms with E-state index in [0.717, 1.165) is 24.0 Å². The first-order chi connectivity index (χ1) is 15.5. The first-order valence-electron chi connectivity index (χ1n) is 10.0. The Hall–Kier alpha value is -3.69. The van der Waals surface area contributed by atoms with Gasteiger partial charge in [0.1, 0.15) is 17.4 Å². The van der Waals surface area contributed by atoms with Crippen molar-refractivity contribution in [1.82, 2.24) is 24.9 Å². The Labute approximate surface area is 189 Å². The number of carbonyl (C=O) groups is 1. The molecule has 3 heterocycles. The van der Waals surface area contributed by atoms with Gasteiger partial charge in [0.05, 0.1) is 5.69 Å². The van der Waals surface area contributed by atoms with Crippen molar-refractivity contribution in [2.75, 3.05) is 12.3 Å². The van der Waals surface area contributed by atoms with Gasteiger partial charge in [0.25, 0.3) is 5.91 Å². The minimum atomic E-state index is -0.415. The van der Waals surface area contributed by atoms with Gasteiger partial charge in [-0.25, -0.2) is 14.5 Å². The molecule has 0 fully saturated rings. The Morgan fingerprint density at radius 3 is 2.72 bits per heavy atom. The molecule has 0 spiro atoms. The lowest BCUT2D eigenvalue weighted by molar-refractivity contribution is 0.0950. The molecule has 0 saturated carbocycles. The molecule has 32 heavy (non-hydrogen) atoms. The maximum atomic E-state index is 12.7. The van der Waals surface area contributed by atoms with E-state index in [4.69, 9.17) is 23.1 Å². The maximum absolute atomic E-state index is 12.7. The zero-order chi connectivity index (χ0) is 22.7. The van der Waals surface area contributed by atoms with Crippen LogP contribution in [0.3, 0.4) is 0 Å². The number of benzene rings is 1. The minimum Gasteiger partial charge on any atom is -0.493 e. The Morgan fingerprint density at radius 2 is 1.97 bits per heavy atom. The minimum absolute atomic E-state index is 0.0697. The molecule has 164 valence electrons. The lowest BCUT2D eigenvalue weighted by Gasteiger charge is -2.09. The fourth-order valence-corrected chi connectivity index (χ4v) is 3.64. The number of aromatic nitrogens is 4. The van der Waals surface area contributed by atoms with Crippen LogP contribution in [0.2, 0.25) is 5.02 Å². The van der Waals surface area contributed by atoms with Crippen LogP contribution in [0.1, 0.15) is 27.9 Å². The van der Waals surface area contributed by atoms with Crippen molar-refractivity contribution in [2.24, 2.45) is 5.73 Å². The van der Waals surface area contributed by atoms with E-state index in [1.165, 1.54) is 12.5 Å². The molecule has 9 nitrogen and oxygen atoms in total. The summed E-state index contributed by atoms with van der Waals surface area (Å²) in [7, 11) is 0. The van der Waals surface area contributed by atoms with Crippen molar-refractivity contribution in [1.29, 1.82) is 0 Å². The Kier molecular flexibility index (Phi) is 6.20. The van der Waals surface area contributed by atoms with E-state index in [0.29, 0.717) is 34.2 Å². The number of rotatable bonds is 7. The van der Waals surface area contributed by atoms with E-state index in [1.54, 1.807) is 10.6 Å². The summed E-state index contributed by atoms with van der Waals surface area (Å²) >= 11 is 5.90. The molecule has 0 aliphatic rings. The van der Waals surface area contributed by atoms with Gasteiger partial charge in [-0.1, -0.05) is 23.7 Å². The lowest BCUT2D eigenvalue weighted by atomic mass is 10.1. The van der Waals surface area contributed by atoms with E-state index in [9.17, 15) is 9.90 Å². The standard InChI is InChI=1S/C22H22ClN7O2/c23-16-5-3-13(4-6-16)2-1-7-26-21(31)17-8-15(11-27-22(17)32)18-9-14(10-24)19-20(25)28-12-29-30(18)19/h3-6,8-9,11-12H,1-2,7,10,24H2,(H,26,31)(H,27,32)(H2,25,28,29). The second kappa shape index (κ2) is 9.21. The monoisotopic (exact) mass is 451 g/mol. The molecule has 0 bridgehead atoms. The normalized spacial score (nSPS) is 11.1. The summed E-state index contributed by atoms with van der Waals surface area (Å²) in [6.45, 7) is 0.688. The molecular weight excluding hydrogens is 430 g/mol. The number of anilines is 1. The van der Waals surface area contributed by atoms with Gasteiger partial charge in [0.2, 0.25) is 5.88 Å². The van der Waals surface area contributed by atoms with Crippen molar-refractivity contribution in [3.05, 3.63) is 70.6 Å². The van der Waals surface area contributed by atoms with E-state index in [2.05, 4.69) is 20.4 Å². The second-order valence-corrected chi connectivity index (χ2v) is 7.68. The first kappa shape index (κ1) is 21.5. The Bertz CT molecular complexity index is 1270. The molecule has 3 aromatic heterocycles. The molecule has 1 aromatic carbocycles. The van der Waals surface area contributed by atoms with E-state index >= 15 is 0 Å². The van der Waals surface area contributed by atoms with Gasteiger partial charge in [-0.2, -0.15) is 5.10 Å². The van der Waals surface area contributed by atoms with Crippen LogP contribution in [0.5, 0.6) is 5.88 Å². The average molecular weight is 452 g/mol. The summed E-state index contributed by atoms with van der Waals surface area (Å²) in [5, 5.41) is 17.9. The number of nitrogen functional groups attached to an aromatic ring is 1. The highest BCUT2D eigenvalue weighted by atomic mass is 35.5. The molecule has 0 saturated heterocycles. The van der Waals surface area contributed by atoms with Crippen LogP contribution in [0, 0.1) is 0 Å². The number of nitrogens with two attached hydrogens (primary N) is 2. The van der Waals surface area contributed by atoms with Crippen LogP contribution >= 0.6 is 11.6 Å². The fraction of sp³-hybridized carbons (Fsp3) is 0.182. The Balaban J connectivity index is 1.52. The number of hydrogen-bond donors (Lipinski definition) is 4. The van der Waals surface area contributed by atoms with Crippen molar-refractivity contribution in [3.8, 4) is 17.1 Å². The van der Waals surface area contributed by atoms with Crippen molar-refractivity contribution in [2.45, 2.75) is 19.4 Å². The summed E-state index contributed by atoms with van der Waals surface area (Å²) in [5.74, 6) is -0.461. The van der Waals surface area contributed by atoms with Crippen molar-refractivity contribution in [3.63, 3.8) is 0 Å². The number of pyridine rings is 1. The third-order valence-electron chi connectivity index (χ3n) is 5.13. The number of hydrogen-bond acceptors (Lipinski definition) is 7. The third-order valence-corrected chi connectivity index (χ3v) is 5.38. The van der Waals surface area contributed by atoms with Crippen LogP contribution in [0.25, 0.3) is 16.8 Å². The van der Waals surface area contributed by atoms with Gasteiger partial charge in [-0.05, 0) is 48.2 Å². The molecule has 0 radical (unpaired) electrons. The Morgan fingerprint density at radius 1 is 1.19 bits per heavy atom. The zero-order valence-corrected chi connectivity index (χ0v) is 17.9. The first-order valence-corrected chi connectivity index (χ1v) is 10.4. The maximum Gasteiger partial charge on any atom is 0.256 e. The number of carbonyl (C=O) groups excluding carboxylic acids is 1. The molecule has 6 N–H and O–H groups in total. The number of amides is 1. The summed E-state index contributed by atoms with van der Waals surface area (Å²) in [6.07, 6.45) is 4.34. The van der Waals surface area contributed by atoms with Gasteiger partial charge in [-0.15, -0.1) is 0 Å². The smallest absolute Gasteiger partial charge is 0.256 e. The number of aryl methyl sites for hydroxylation is 1. The summed E-state index contributed by atoms with van der Waals surface area (Å²) < 4.78 is 1.60. The third kappa shape index (κ3) is 4.34. The number of nitrogens with one attached hydrogen (secondary N) is 1. The fourth-order valence-electron chi connectivity index (χ4n) is 3.51. The molecule has 0 aliphatic carbocycles. The van der Waals surface area contributed by atoms with Gasteiger partial charge in [0, 0.05) is 29.9 Å². The molecule has 1 amide bonds. The van der Waals surface area contributed by atoms with E-state index < -0.39 is 5.91 Å². The molecular formula is C22H22ClN7O2. The summed E-state index contributed by atoms with van der Waals surface area (Å²) in [6, 6.07) is 11.0. The van der Waals surface area contributed by atoms with Gasteiger partial charge in [-0.3, -0.25) is 4.79 Å². The topological polar surface area (TPSA) is 144 Å². The van der Waals surface area contributed by atoms with Gasteiger partial charge in [0.15, 0.2) is 5.82 Å². The number of fused-ring (bicyclic) bond motifs is 1. The predicted octanol–water partition coefficient (Wildman–Crippen LogP) is 2.55. The van der Waals surface area contributed by atoms with Crippen LogP contribution in [-0.2, 0) is 13.0 Å². The summed E-state index contributed by atoms with van der Waals surface area (Å²) in [4.78, 5) is 20.7. The van der Waals surface area contributed by atoms with Crippen LogP contribution in [0.4, 0.5) is 5.82 Å². The van der Waals surface area contributed by atoms with Gasteiger partial charge < -0.3 is 21.9 Å². The summed E-state index contributed by atoms with van der Waals surface area (Å²) in [5.41, 5.74) is 15.6. The highest BCUT2D eigenvalue weighted by Gasteiger charge is 2.18. The molecule has 4 aromatic rings. The van der Waals surface area contributed by atoms with Gasteiger partial charge >= 0.3 is 0 Å². The largest absolute Gasteiger partial charge is 0.493 e. The van der Waals surface area contributed by atoms with Crippen LogP contribution < -0.4 is 16.8 Å². The second-order valence-electron chi connectivity index (χ2n) is 7.25. The van der Waals surface area contributed by atoms with Crippen molar-refractivity contribution < 1.29 is 9.90 Å². The number of nitrogens with zero attached hydrogens (tertiary/aromatic N) is 4. The SMILES string of the molecule is NCc1cc(-c2cnc(O)c(C(=O)NCCCc3ccc(Cl)cc3)c2)n2ncnc(N)c12. The van der Waals surface area contributed by atoms with Crippen LogP contribution in [0.15, 0.2) is 48.9 Å². The lowest BCUT2D eigenvalue weighted by Crippen LogP contribution is -2.25. The molecule has 4 rings (SSSR count). The quantitative estimate of drug-likeness (QED) is 0.316. The van der Waals surface area contributed by atoms with E-state index in [1.807, 2.05) is 30.3 Å². The highest BCUT2D eigenvalue weighted by molar-refractivity contribution is 6.30. The number of aromatic hydroxyl groups is 1. The molecule has 10 heteroatoms. The number of halogens is 1.